The lowest BCUT2D eigenvalue weighted by molar-refractivity contribution is -0.154. The van der Waals surface area contributed by atoms with Crippen molar-refractivity contribution in [1.82, 2.24) is 10.0 Å². The lowest BCUT2D eigenvalue weighted by Crippen LogP contribution is -2.52. The minimum atomic E-state index is -0.667. The van der Waals surface area contributed by atoms with Crippen LogP contribution >= 0.6 is 39.1 Å². The average Bonchev–Trinajstić information content (AvgIpc) is 3.63. The summed E-state index contributed by atoms with van der Waals surface area (Å²) in [6, 6.07) is 11.0. The van der Waals surface area contributed by atoms with Gasteiger partial charge in [-0.1, -0.05) is 63.4 Å². The fourth-order valence-electron chi connectivity index (χ4n) is 6.05. The molecule has 0 aromatic heterocycles. The number of hydrogen-bond acceptors (Lipinski definition) is 4. The quantitative estimate of drug-likeness (QED) is 0.285. The molecular weight excluding hydrogens is 555 g/mol. The van der Waals surface area contributed by atoms with Gasteiger partial charge in [0.15, 0.2) is 5.78 Å². The van der Waals surface area contributed by atoms with Gasteiger partial charge >= 0.3 is 0 Å². The van der Waals surface area contributed by atoms with E-state index >= 15 is 0 Å². The molecule has 178 valence electrons. The Balaban J connectivity index is 1.37. The Labute approximate surface area is 219 Å². The molecule has 0 radical (unpaired) electrons. The minimum Gasteiger partial charge on any atom is -0.292 e. The van der Waals surface area contributed by atoms with Crippen LogP contribution in [0.2, 0.25) is 10.0 Å². The van der Waals surface area contributed by atoms with E-state index in [1.807, 2.05) is 0 Å². The summed E-state index contributed by atoms with van der Waals surface area (Å²) in [4.78, 5) is 54.2. The summed E-state index contributed by atoms with van der Waals surface area (Å²) in [5.74, 6) is -2.03. The van der Waals surface area contributed by atoms with Gasteiger partial charge in [-0.25, -0.2) is 5.01 Å². The molecule has 3 fully saturated rings. The molecule has 6 nitrogen and oxygen atoms in total. The van der Waals surface area contributed by atoms with Crippen molar-refractivity contribution in [1.29, 1.82) is 0 Å². The number of imide groups is 1. The summed E-state index contributed by atoms with van der Waals surface area (Å²) in [6.07, 6.45) is 5.16. The van der Waals surface area contributed by atoms with Crippen molar-refractivity contribution in [2.75, 3.05) is 6.54 Å². The SMILES string of the molecule is O=C(CN(C(=O)c1ccc(Cl)c(Cl)c1)N1C(=O)[C@@H]2[C@@H]3C=C[C@H]([C@H]4C[C@H]34)[C@@H]2C1=O)c1ccc(Br)cc1. The lowest BCUT2D eigenvalue weighted by atomic mass is 9.63. The maximum atomic E-state index is 13.7. The molecule has 3 amide bonds. The van der Waals surface area contributed by atoms with E-state index in [0.717, 1.165) is 20.9 Å². The van der Waals surface area contributed by atoms with Crippen LogP contribution in [0, 0.1) is 35.5 Å². The molecule has 0 N–H and O–H groups in total. The number of carbonyl (C=O) groups is 4. The van der Waals surface area contributed by atoms with Crippen molar-refractivity contribution >= 4 is 62.6 Å². The van der Waals surface area contributed by atoms with Gasteiger partial charge in [0.1, 0.15) is 6.54 Å². The summed E-state index contributed by atoms with van der Waals surface area (Å²) in [5, 5.41) is 2.33. The Morgan fingerprint density at radius 1 is 0.886 bits per heavy atom. The number of nitrogens with zero attached hydrogens (tertiary/aromatic N) is 2. The van der Waals surface area contributed by atoms with Gasteiger partial charge < -0.3 is 0 Å². The molecule has 0 unspecified atom stereocenters. The van der Waals surface area contributed by atoms with Crippen LogP contribution in [0.25, 0.3) is 0 Å². The Morgan fingerprint density at radius 3 is 2.03 bits per heavy atom. The van der Waals surface area contributed by atoms with E-state index in [1.165, 1.54) is 18.2 Å². The molecule has 1 heterocycles. The van der Waals surface area contributed by atoms with Gasteiger partial charge in [0.05, 0.1) is 21.9 Å². The van der Waals surface area contributed by atoms with Crippen molar-refractivity contribution in [2.45, 2.75) is 6.42 Å². The highest BCUT2D eigenvalue weighted by Crippen LogP contribution is 2.65. The zero-order valence-corrected chi connectivity index (χ0v) is 21.3. The fraction of sp³-hybridized carbons (Fsp3) is 0.308. The number of allylic oxidation sites excluding steroid dienone is 2. The molecule has 2 saturated carbocycles. The summed E-state index contributed by atoms with van der Waals surface area (Å²) in [5.41, 5.74) is 0.488. The zero-order valence-electron chi connectivity index (χ0n) is 18.2. The summed E-state index contributed by atoms with van der Waals surface area (Å²) in [6.45, 7) is -0.465. The Kier molecular flexibility index (Phi) is 5.43. The highest BCUT2D eigenvalue weighted by molar-refractivity contribution is 9.10. The van der Waals surface area contributed by atoms with Crippen molar-refractivity contribution in [3.63, 3.8) is 0 Å². The third kappa shape index (κ3) is 3.59. The average molecular weight is 574 g/mol. The monoisotopic (exact) mass is 572 g/mol. The molecule has 9 heteroatoms. The van der Waals surface area contributed by atoms with Crippen LogP contribution in [0.15, 0.2) is 59.1 Å². The molecule has 1 aliphatic heterocycles. The Hall–Kier alpha value is -2.48. The van der Waals surface area contributed by atoms with Crippen molar-refractivity contribution in [2.24, 2.45) is 35.5 Å². The largest absolute Gasteiger partial charge is 0.292 e. The van der Waals surface area contributed by atoms with Gasteiger partial charge in [0.2, 0.25) is 0 Å². The van der Waals surface area contributed by atoms with Crippen LogP contribution < -0.4 is 0 Å². The number of carbonyl (C=O) groups excluding carboxylic acids is 4. The molecular formula is C26H19BrCl2N2O4. The van der Waals surface area contributed by atoms with E-state index in [2.05, 4.69) is 28.1 Å². The van der Waals surface area contributed by atoms with Crippen LogP contribution in [0.4, 0.5) is 0 Å². The summed E-state index contributed by atoms with van der Waals surface area (Å²) in [7, 11) is 0. The smallest absolute Gasteiger partial charge is 0.273 e. The third-order valence-electron chi connectivity index (χ3n) is 7.74. The first kappa shape index (κ1) is 23.0. The summed E-state index contributed by atoms with van der Waals surface area (Å²) < 4.78 is 0.799. The van der Waals surface area contributed by atoms with E-state index < -0.39 is 41.9 Å². The third-order valence-corrected chi connectivity index (χ3v) is 9.01. The number of Topliss-reactive ketones (excluding diaryl/α,β-unsaturated/α-hetero) is 1. The Bertz CT molecular complexity index is 1290. The molecule has 2 aromatic rings. The molecule has 4 aliphatic carbocycles. The molecule has 5 aliphatic rings. The highest BCUT2D eigenvalue weighted by Gasteiger charge is 2.68. The normalized spacial score (nSPS) is 29.7. The fourth-order valence-corrected chi connectivity index (χ4v) is 6.62. The van der Waals surface area contributed by atoms with Crippen molar-refractivity contribution < 1.29 is 19.2 Å². The van der Waals surface area contributed by atoms with E-state index in [0.29, 0.717) is 17.4 Å². The molecule has 35 heavy (non-hydrogen) atoms. The molecule has 1 saturated heterocycles. The van der Waals surface area contributed by atoms with Crippen molar-refractivity contribution in [3.8, 4) is 0 Å². The number of hydrazine groups is 1. The maximum absolute atomic E-state index is 13.7. The van der Waals surface area contributed by atoms with E-state index in [9.17, 15) is 19.2 Å². The first-order valence-corrected chi connectivity index (χ1v) is 12.9. The lowest BCUT2D eigenvalue weighted by Gasteiger charge is -2.37. The number of halogens is 3. The summed E-state index contributed by atoms with van der Waals surface area (Å²) >= 11 is 15.5. The Morgan fingerprint density at radius 2 is 1.46 bits per heavy atom. The molecule has 6 atom stereocenters. The topological polar surface area (TPSA) is 74.8 Å². The number of benzene rings is 2. The van der Waals surface area contributed by atoms with E-state index in [1.54, 1.807) is 24.3 Å². The van der Waals surface area contributed by atoms with Crippen molar-refractivity contribution in [3.05, 3.63) is 80.3 Å². The molecule has 2 bridgehead atoms. The second-order valence-electron chi connectivity index (χ2n) is 9.56. The number of rotatable bonds is 5. The standard InChI is InChI=1S/C26H19BrCl2N2O4/c27-14-4-1-12(2-5-14)21(32)11-30(24(33)13-3-8-19(28)20(29)9-13)31-25(34)22-15-6-7-16(18-10-17(15)18)23(22)26(31)35/h1-9,15-18,22-23H,10-11H2/t15-,16-,17-,18-,22-,23+/m1/s1. The second-order valence-corrected chi connectivity index (χ2v) is 11.3. The van der Waals surface area contributed by atoms with Gasteiger partial charge in [0.25, 0.3) is 17.7 Å². The number of hydrogen-bond donors (Lipinski definition) is 0. The number of amides is 3. The highest BCUT2D eigenvalue weighted by atomic mass is 79.9. The van der Waals surface area contributed by atoms with E-state index in [4.69, 9.17) is 23.2 Å². The van der Waals surface area contributed by atoms with Gasteiger partial charge in [-0.05, 0) is 60.4 Å². The van der Waals surface area contributed by atoms with Crippen LogP contribution in [0.1, 0.15) is 27.1 Å². The maximum Gasteiger partial charge on any atom is 0.273 e. The molecule has 7 rings (SSSR count). The van der Waals surface area contributed by atoms with Crippen LogP contribution in [-0.2, 0) is 9.59 Å². The van der Waals surface area contributed by atoms with E-state index in [-0.39, 0.29) is 27.4 Å². The van der Waals surface area contributed by atoms with Gasteiger partial charge in [0, 0.05) is 15.6 Å². The first-order chi connectivity index (χ1) is 16.8. The minimum absolute atomic E-state index is 0.000512. The molecule has 2 aromatic carbocycles. The first-order valence-electron chi connectivity index (χ1n) is 11.4. The van der Waals surface area contributed by atoms with Crippen LogP contribution in [-0.4, -0.2) is 40.1 Å². The van der Waals surface area contributed by atoms with Crippen LogP contribution in [0.3, 0.4) is 0 Å². The number of ketones is 1. The van der Waals surface area contributed by atoms with Gasteiger partial charge in [-0.2, -0.15) is 5.01 Å². The van der Waals surface area contributed by atoms with Gasteiger partial charge in [-0.15, -0.1) is 0 Å². The van der Waals surface area contributed by atoms with Crippen LogP contribution in [0.5, 0.6) is 0 Å². The van der Waals surface area contributed by atoms with Gasteiger partial charge in [-0.3, -0.25) is 19.2 Å². The second kappa shape index (κ2) is 8.29. The predicted molar refractivity (Wildman–Crippen MR) is 133 cm³/mol. The predicted octanol–water partition coefficient (Wildman–Crippen LogP) is 5.05. The zero-order chi connectivity index (χ0) is 24.6. The molecule has 0 spiro atoms.